The van der Waals surface area contributed by atoms with Crippen molar-refractivity contribution >= 4 is 23.1 Å². The molecule has 1 aromatic heterocycles. The third kappa shape index (κ3) is 5.13. The number of hydrogen-bond donors (Lipinski definition) is 3. The monoisotopic (exact) mass is 477 g/mol. The maximum Gasteiger partial charge on any atom is 0.573 e. The van der Waals surface area contributed by atoms with Gasteiger partial charge in [0, 0.05) is 17.4 Å². The Morgan fingerprint density at radius 1 is 1.21 bits per heavy atom. The average molecular weight is 477 g/mol. The summed E-state index contributed by atoms with van der Waals surface area (Å²) in [5, 5.41) is 21.6. The molecule has 3 N–H and O–H groups in total. The lowest BCUT2D eigenvalue weighted by molar-refractivity contribution is -0.274. The Bertz CT molecular complexity index is 1190. The second-order valence-corrected chi connectivity index (χ2v) is 7.14. The van der Waals surface area contributed by atoms with Crippen LogP contribution in [0.5, 0.6) is 17.2 Å². The van der Waals surface area contributed by atoms with E-state index in [1.165, 1.54) is 30.5 Å². The highest BCUT2D eigenvalue weighted by Crippen LogP contribution is 2.41. The molecule has 0 bridgehead atoms. The number of aromatic hydroxyl groups is 1. The maximum absolute atomic E-state index is 12.9. The lowest BCUT2D eigenvalue weighted by Crippen LogP contribution is -2.30. The summed E-state index contributed by atoms with van der Waals surface area (Å²) in [6.07, 6.45) is -3.38. The molecule has 34 heavy (non-hydrogen) atoms. The van der Waals surface area contributed by atoms with Gasteiger partial charge in [0.25, 0.3) is 5.91 Å². The van der Waals surface area contributed by atoms with Gasteiger partial charge < -0.3 is 24.8 Å². The largest absolute Gasteiger partial charge is 0.573 e. The van der Waals surface area contributed by atoms with Crippen LogP contribution in [-0.2, 0) is 11.5 Å². The number of fused-ring (bicyclic) bond motifs is 1. The molecular weight excluding hydrogens is 459 g/mol. The number of carbonyl (C=O) groups is 1. The summed E-state index contributed by atoms with van der Waals surface area (Å²) in [5.41, 5.74) is 1.38. The van der Waals surface area contributed by atoms with Crippen molar-refractivity contribution in [2.45, 2.75) is 13.0 Å². The highest BCUT2D eigenvalue weighted by molar-refractivity contribution is 6.07. The molecule has 178 valence electrons. The van der Waals surface area contributed by atoms with Crippen LogP contribution in [0.1, 0.15) is 15.9 Å². The number of rotatable bonds is 6. The Labute approximate surface area is 190 Å². The molecule has 1 aliphatic heterocycles. The number of carbonyl (C=O) groups excluding carboxylic acids is 1. The summed E-state index contributed by atoms with van der Waals surface area (Å²) < 4.78 is 46.5. The Kier molecular flexibility index (Phi) is 6.43. The van der Waals surface area contributed by atoms with E-state index in [1.807, 2.05) is 0 Å². The molecule has 0 spiro atoms. The SMILES string of the molecule is O=C(Nc1ccc(OC(F)(F)F)cc1)c1cccc2c1OCCN2c1ncc(COO)cc1O. The highest BCUT2D eigenvalue weighted by Gasteiger charge is 2.31. The second kappa shape index (κ2) is 9.45. The fourth-order valence-electron chi connectivity index (χ4n) is 3.43. The number of halogens is 3. The number of nitrogens with one attached hydrogen (secondary N) is 1. The molecule has 3 aromatic rings. The molecule has 2 heterocycles. The summed E-state index contributed by atoms with van der Waals surface area (Å²) in [4.78, 5) is 22.9. The molecular formula is C22H18F3N3O6. The van der Waals surface area contributed by atoms with Gasteiger partial charge in [-0.05, 0) is 42.5 Å². The number of nitrogens with zero attached hydrogens (tertiary/aromatic N) is 2. The predicted octanol–water partition coefficient (Wildman–Crippen LogP) is 4.46. The van der Waals surface area contributed by atoms with Gasteiger partial charge in [-0.3, -0.25) is 10.1 Å². The maximum atomic E-state index is 12.9. The number of anilines is 3. The first-order valence-electron chi connectivity index (χ1n) is 9.90. The van der Waals surface area contributed by atoms with Gasteiger partial charge in [-0.15, -0.1) is 13.2 Å². The van der Waals surface area contributed by atoms with E-state index in [2.05, 4.69) is 19.9 Å². The van der Waals surface area contributed by atoms with Gasteiger partial charge in [0.2, 0.25) is 0 Å². The van der Waals surface area contributed by atoms with Crippen LogP contribution in [0.15, 0.2) is 54.7 Å². The smallest absolute Gasteiger partial charge is 0.504 e. The van der Waals surface area contributed by atoms with Crippen LogP contribution in [0.4, 0.5) is 30.4 Å². The predicted molar refractivity (Wildman–Crippen MR) is 113 cm³/mol. The van der Waals surface area contributed by atoms with Crippen molar-refractivity contribution in [1.29, 1.82) is 0 Å². The molecule has 0 saturated heterocycles. The first-order chi connectivity index (χ1) is 16.2. The molecule has 0 atom stereocenters. The Hall–Kier alpha value is -4.03. The van der Waals surface area contributed by atoms with E-state index >= 15 is 0 Å². The zero-order valence-electron chi connectivity index (χ0n) is 17.4. The first-order valence-corrected chi connectivity index (χ1v) is 9.90. The van der Waals surface area contributed by atoms with Crippen molar-refractivity contribution in [2.24, 2.45) is 0 Å². The van der Waals surface area contributed by atoms with Crippen LogP contribution >= 0.6 is 0 Å². The summed E-state index contributed by atoms with van der Waals surface area (Å²) in [5.74, 6) is -0.629. The standard InChI is InChI=1S/C22H18F3N3O6/c23-22(24,25)34-15-6-4-14(5-7-15)27-21(30)16-2-1-3-17-19(16)32-9-8-28(17)20-18(29)10-13(11-26-20)12-33-31/h1-7,10-11,29,31H,8-9,12H2,(H,27,30). The van der Waals surface area contributed by atoms with Crippen LogP contribution in [0, 0.1) is 0 Å². The van der Waals surface area contributed by atoms with E-state index in [0.717, 1.165) is 12.1 Å². The molecule has 0 radical (unpaired) electrons. The quantitative estimate of drug-likeness (QED) is 0.352. The minimum Gasteiger partial charge on any atom is -0.504 e. The van der Waals surface area contributed by atoms with Crippen LogP contribution in [0.2, 0.25) is 0 Å². The number of hydrogen-bond acceptors (Lipinski definition) is 8. The number of pyridine rings is 1. The van der Waals surface area contributed by atoms with Crippen molar-refractivity contribution in [3.63, 3.8) is 0 Å². The zero-order valence-corrected chi connectivity index (χ0v) is 17.4. The van der Waals surface area contributed by atoms with E-state index in [9.17, 15) is 23.1 Å². The topological polar surface area (TPSA) is 113 Å². The minimum absolute atomic E-state index is 0.145. The molecule has 4 rings (SSSR count). The zero-order chi connectivity index (χ0) is 24.3. The van der Waals surface area contributed by atoms with Gasteiger partial charge in [0.15, 0.2) is 17.3 Å². The van der Waals surface area contributed by atoms with Crippen molar-refractivity contribution < 1.29 is 42.7 Å². The van der Waals surface area contributed by atoms with Crippen LogP contribution in [0.3, 0.4) is 0 Å². The Balaban J connectivity index is 1.57. The van der Waals surface area contributed by atoms with Gasteiger partial charge in [-0.2, -0.15) is 0 Å². The number of aromatic nitrogens is 1. The highest BCUT2D eigenvalue weighted by atomic mass is 19.4. The average Bonchev–Trinajstić information content (AvgIpc) is 2.79. The third-order valence-corrected chi connectivity index (χ3v) is 4.83. The van der Waals surface area contributed by atoms with E-state index in [0.29, 0.717) is 17.8 Å². The summed E-state index contributed by atoms with van der Waals surface area (Å²) in [6, 6.07) is 11.0. The van der Waals surface area contributed by atoms with Gasteiger partial charge in [-0.25, -0.2) is 9.87 Å². The minimum atomic E-state index is -4.81. The molecule has 2 aromatic carbocycles. The van der Waals surface area contributed by atoms with Crippen LogP contribution in [0.25, 0.3) is 0 Å². The number of para-hydroxylation sites is 1. The fourth-order valence-corrected chi connectivity index (χ4v) is 3.43. The van der Waals surface area contributed by atoms with Crippen molar-refractivity contribution in [2.75, 3.05) is 23.4 Å². The normalized spacial score (nSPS) is 13.1. The summed E-state index contributed by atoms with van der Waals surface area (Å²) >= 11 is 0. The van der Waals surface area contributed by atoms with E-state index < -0.39 is 18.0 Å². The van der Waals surface area contributed by atoms with E-state index in [4.69, 9.17) is 9.99 Å². The fraction of sp³-hybridized carbons (Fsp3) is 0.182. The Morgan fingerprint density at radius 2 is 1.97 bits per heavy atom. The van der Waals surface area contributed by atoms with Crippen molar-refractivity contribution in [3.8, 4) is 17.2 Å². The van der Waals surface area contributed by atoms with Gasteiger partial charge >= 0.3 is 6.36 Å². The lowest BCUT2D eigenvalue weighted by Gasteiger charge is -2.31. The van der Waals surface area contributed by atoms with Crippen molar-refractivity contribution in [3.05, 3.63) is 65.9 Å². The molecule has 0 unspecified atom stereocenters. The Morgan fingerprint density at radius 3 is 2.65 bits per heavy atom. The van der Waals surface area contributed by atoms with E-state index in [1.54, 1.807) is 17.0 Å². The summed E-state index contributed by atoms with van der Waals surface area (Å²) in [6.45, 7) is 0.396. The number of alkyl halides is 3. The second-order valence-electron chi connectivity index (χ2n) is 7.14. The van der Waals surface area contributed by atoms with Crippen LogP contribution in [-0.4, -0.2) is 40.8 Å². The van der Waals surface area contributed by atoms with Crippen LogP contribution < -0.4 is 19.7 Å². The molecule has 0 aliphatic carbocycles. The summed E-state index contributed by atoms with van der Waals surface area (Å²) in [7, 11) is 0. The van der Waals surface area contributed by atoms with Gasteiger partial charge in [0.1, 0.15) is 19.0 Å². The van der Waals surface area contributed by atoms with Crippen molar-refractivity contribution in [1.82, 2.24) is 4.98 Å². The lowest BCUT2D eigenvalue weighted by atomic mass is 10.1. The number of amides is 1. The molecule has 9 nitrogen and oxygen atoms in total. The van der Waals surface area contributed by atoms with E-state index in [-0.39, 0.29) is 41.8 Å². The molecule has 1 aliphatic rings. The molecule has 0 saturated carbocycles. The molecule has 12 heteroatoms. The third-order valence-electron chi connectivity index (χ3n) is 4.83. The molecule has 0 fully saturated rings. The number of ether oxygens (including phenoxy) is 2. The van der Waals surface area contributed by atoms with Gasteiger partial charge in [0.05, 0.1) is 17.8 Å². The molecule has 1 amide bonds. The first kappa shape index (κ1) is 23.1. The van der Waals surface area contributed by atoms with Gasteiger partial charge in [-0.1, -0.05) is 6.07 Å². The number of benzene rings is 2.